The van der Waals surface area contributed by atoms with Crippen molar-refractivity contribution in [3.05, 3.63) is 59.9 Å². The van der Waals surface area contributed by atoms with Crippen LogP contribution >= 0.6 is 0 Å². The minimum absolute atomic E-state index is 0.293. The van der Waals surface area contributed by atoms with Crippen molar-refractivity contribution in [1.82, 2.24) is 9.88 Å². The van der Waals surface area contributed by atoms with Crippen LogP contribution in [0.5, 0.6) is 0 Å². The third-order valence-electron chi connectivity index (χ3n) is 4.19. The fourth-order valence-electron chi connectivity index (χ4n) is 3.05. The van der Waals surface area contributed by atoms with Crippen molar-refractivity contribution in [1.29, 1.82) is 0 Å². The van der Waals surface area contributed by atoms with E-state index in [1.807, 2.05) is 18.2 Å². The molecule has 3 rings (SSSR count). The van der Waals surface area contributed by atoms with Crippen LogP contribution in [0.25, 0.3) is 0 Å². The maximum absolute atomic E-state index is 11.1. The van der Waals surface area contributed by atoms with Gasteiger partial charge in [-0.25, -0.2) is 4.79 Å². The average molecular weight is 327 g/mol. The van der Waals surface area contributed by atoms with E-state index in [0.29, 0.717) is 25.2 Å². The number of hydrogen-bond donors (Lipinski definition) is 2. The molecule has 2 N–H and O–H groups in total. The molecule has 1 aromatic heterocycles. The lowest BCUT2D eigenvalue weighted by atomic mass is 10.1. The number of nitrogens with zero attached hydrogens (tertiary/aromatic N) is 3. The second-order valence-corrected chi connectivity index (χ2v) is 6.05. The van der Waals surface area contributed by atoms with Crippen LogP contribution in [0.15, 0.2) is 48.8 Å². The summed E-state index contributed by atoms with van der Waals surface area (Å²) in [6.45, 7) is 3.38. The molecule has 1 atom stereocenters. The highest BCUT2D eigenvalue weighted by Crippen LogP contribution is 2.17. The second kappa shape index (κ2) is 7.42. The van der Waals surface area contributed by atoms with Crippen LogP contribution in [-0.2, 0) is 6.54 Å². The topological polar surface area (TPSA) is 76.9 Å². The van der Waals surface area contributed by atoms with Gasteiger partial charge in [-0.05, 0) is 29.8 Å². The van der Waals surface area contributed by atoms with Crippen molar-refractivity contribution in [3.8, 4) is 0 Å². The number of aromatic nitrogens is 1. The molecule has 1 aromatic carbocycles. The highest BCUT2D eigenvalue weighted by atomic mass is 16.4. The standard InChI is InChI=1S/C18H21N3O3/c22-17-12-20(11-14-2-1-3-15(10-14)18(23)24)8-9-21(13-17)16-4-6-19-7-5-16/h1-7,10,17,22H,8-9,11-13H2,(H,23,24)/t17-/m1/s1. The summed E-state index contributed by atoms with van der Waals surface area (Å²) in [4.78, 5) is 19.4. The minimum atomic E-state index is -0.920. The summed E-state index contributed by atoms with van der Waals surface area (Å²) >= 11 is 0. The summed E-state index contributed by atoms with van der Waals surface area (Å²) in [5, 5.41) is 19.4. The summed E-state index contributed by atoms with van der Waals surface area (Å²) in [6, 6.07) is 10.9. The number of β-amino-alcohol motifs (C(OH)–C–C–N with tert-alkyl or cyclic N) is 1. The molecule has 2 aromatic rings. The molecule has 6 heteroatoms. The van der Waals surface area contributed by atoms with E-state index >= 15 is 0 Å². The lowest BCUT2D eigenvalue weighted by Crippen LogP contribution is -2.33. The first-order valence-electron chi connectivity index (χ1n) is 7.99. The molecule has 1 fully saturated rings. The normalized spacial score (nSPS) is 19.0. The number of aliphatic hydroxyl groups is 1. The maximum Gasteiger partial charge on any atom is 0.335 e. The summed E-state index contributed by atoms with van der Waals surface area (Å²) < 4.78 is 0. The number of anilines is 1. The van der Waals surface area contributed by atoms with Gasteiger partial charge in [-0.2, -0.15) is 0 Å². The predicted octanol–water partition coefficient (Wildman–Crippen LogP) is 1.46. The number of rotatable bonds is 4. The summed E-state index contributed by atoms with van der Waals surface area (Å²) in [5.41, 5.74) is 2.29. The Morgan fingerprint density at radius 3 is 2.71 bits per heavy atom. The number of aromatic carboxylic acids is 1. The Morgan fingerprint density at radius 2 is 1.96 bits per heavy atom. The smallest absolute Gasteiger partial charge is 0.335 e. The van der Waals surface area contributed by atoms with Gasteiger partial charge in [0.1, 0.15) is 0 Å². The van der Waals surface area contributed by atoms with Crippen LogP contribution in [0.4, 0.5) is 5.69 Å². The van der Waals surface area contributed by atoms with Crippen molar-refractivity contribution >= 4 is 11.7 Å². The fraction of sp³-hybridized carbons (Fsp3) is 0.333. The Hall–Kier alpha value is -2.44. The minimum Gasteiger partial charge on any atom is -0.478 e. The van der Waals surface area contributed by atoms with E-state index in [1.54, 1.807) is 30.6 Å². The first-order valence-corrected chi connectivity index (χ1v) is 7.99. The zero-order chi connectivity index (χ0) is 16.9. The van der Waals surface area contributed by atoms with Crippen LogP contribution in [0, 0.1) is 0 Å². The van der Waals surface area contributed by atoms with Gasteiger partial charge in [-0.3, -0.25) is 9.88 Å². The first kappa shape index (κ1) is 16.4. The van der Waals surface area contributed by atoms with Crippen molar-refractivity contribution in [3.63, 3.8) is 0 Å². The van der Waals surface area contributed by atoms with Crippen LogP contribution < -0.4 is 4.90 Å². The number of benzene rings is 1. The Labute approximate surface area is 141 Å². The molecule has 1 saturated heterocycles. The van der Waals surface area contributed by atoms with Gasteiger partial charge in [0.25, 0.3) is 0 Å². The Morgan fingerprint density at radius 1 is 1.17 bits per heavy atom. The lowest BCUT2D eigenvalue weighted by Gasteiger charge is -2.23. The molecular weight excluding hydrogens is 306 g/mol. The highest BCUT2D eigenvalue weighted by Gasteiger charge is 2.21. The fourth-order valence-corrected chi connectivity index (χ4v) is 3.05. The first-order chi connectivity index (χ1) is 11.6. The van der Waals surface area contributed by atoms with E-state index in [0.717, 1.165) is 24.3 Å². The molecular formula is C18H21N3O3. The van der Waals surface area contributed by atoms with E-state index in [4.69, 9.17) is 5.11 Å². The maximum atomic E-state index is 11.1. The molecule has 0 aliphatic carbocycles. The van der Waals surface area contributed by atoms with Gasteiger partial charge in [-0.1, -0.05) is 12.1 Å². The van der Waals surface area contributed by atoms with Gasteiger partial charge in [0.15, 0.2) is 0 Å². The Balaban J connectivity index is 1.68. The number of hydrogen-bond acceptors (Lipinski definition) is 5. The highest BCUT2D eigenvalue weighted by molar-refractivity contribution is 5.87. The number of aliphatic hydroxyl groups excluding tert-OH is 1. The number of carboxylic acids is 1. The number of carbonyl (C=O) groups is 1. The third-order valence-corrected chi connectivity index (χ3v) is 4.19. The van der Waals surface area contributed by atoms with Gasteiger partial charge in [0.05, 0.1) is 11.7 Å². The van der Waals surface area contributed by atoms with Gasteiger partial charge in [0.2, 0.25) is 0 Å². The largest absolute Gasteiger partial charge is 0.478 e. The Kier molecular flexibility index (Phi) is 5.08. The summed E-state index contributed by atoms with van der Waals surface area (Å²) in [7, 11) is 0. The lowest BCUT2D eigenvalue weighted by molar-refractivity contribution is 0.0696. The molecule has 6 nitrogen and oxygen atoms in total. The van der Waals surface area contributed by atoms with Crippen molar-refractivity contribution in [2.45, 2.75) is 12.6 Å². The molecule has 0 amide bonds. The molecule has 0 saturated carbocycles. The molecule has 2 heterocycles. The van der Waals surface area contributed by atoms with Crippen LogP contribution in [-0.4, -0.2) is 58.3 Å². The molecule has 1 aliphatic rings. The van der Waals surface area contributed by atoms with Gasteiger partial charge < -0.3 is 15.1 Å². The van der Waals surface area contributed by atoms with E-state index in [-0.39, 0.29) is 0 Å². The number of carboxylic acid groups (broad SMARTS) is 1. The molecule has 24 heavy (non-hydrogen) atoms. The van der Waals surface area contributed by atoms with Crippen molar-refractivity contribution in [2.24, 2.45) is 0 Å². The summed E-state index contributed by atoms with van der Waals surface area (Å²) in [5.74, 6) is -0.920. The van der Waals surface area contributed by atoms with Crippen molar-refractivity contribution in [2.75, 3.05) is 31.1 Å². The quantitative estimate of drug-likeness (QED) is 0.885. The van der Waals surface area contributed by atoms with E-state index in [9.17, 15) is 9.90 Å². The SMILES string of the molecule is O=C(O)c1cccc(CN2CCN(c3ccncc3)C[C@H](O)C2)c1. The average Bonchev–Trinajstić information content (AvgIpc) is 2.77. The van der Waals surface area contributed by atoms with E-state index in [2.05, 4.69) is 14.8 Å². The van der Waals surface area contributed by atoms with Crippen LogP contribution in [0.1, 0.15) is 15.9 Å². The zero-order valence-electron chi connectivity index (χ0n) is 13.4. The molecule has 1 aliphatic heterocycles. The van der Waals surface area contributed by atoms with E-state index < -0.39 is 12.1 Å². The van der Waals surface area contributed by atoms with Gasteiger partial charge in [0, 0.05) is 50.8 Å². The van der Waals surface area contributed by atoms with E-state index in [1.165, 1.54) is 0 Å². The number of pyridine rings is 1. The molecule has 0 radical (unpaired) electrons. The molecule has 0 spiro atoms. The Bertz CT molecular complexity index is 693. The zero-order valence-corrected chi connectivity index (χ0v) is 13.4. The molecule has 0 unspecified atom stereocenters. The predicted molar refractivity (Wildman–Crippen MR) is 91.1 cm³/mol. The van der Waals surface area contributed by atoms with Crippen molar-refractivity contribution < 1.29 is 15.0 Å². The van der Waals surface area contributed by atoms with Gasteiger partial charge in [-0.15, -0.1) is 0 Å². The van der Waals surface area contributed by atoms with Crippen LogP contribution in [0.2, 0.25) is 0 Å². The summed E-state index contributed by atoms with van der Waals surface area (Å²) in [6.07, 6.45) is 3.05. The molecule has 126 valence electrons. The van der Waals surface area contributed by atoms with Crippen LogP contribution in [0.3, 0.4) is 0 Å². The monoisotopic (exact) mass is 327 g/mol. The molecule has 0 bridgehead atoms. The van der Waals surface area contributed by atoms with Gasteiger partial charge >= 0.3 is 5.97 Å². The third kappa shape index (κ3) is 4.10. The second-order valence-electron chi connectivity index (χ2n) is 6.05.